The Kier molecular flexibility index (Phi) is 4.51. The lowest BCUT2D eigenvalue weighted by Crippen LogP contribution is -2.15. The van der Waals surface area contributed by atoms with Gasteiger partial charge in [0, 0.05) is 11.8 Å². The van der Waals surface area contributed by atoms with E-state index < -0.39 is 9.84 Å². The van der Waals surface area contributed by atoms with Crippen LogP contribution >= 0.6 is 0 Å². The Morgan fingerprint density at radius 2 is 1.82 bits per heavy atom. The van der Waals surface area contributed by atoms with Crippen LogP contribution in [0.15, 0.2) is 47.4 Å². The van der Waals surface area contributed by atoms with E-state index >= 15 is 0 Å². The van der Waals surface area contributed by atoms with E-state index in [1.54, 1.807) is 37.3 Å². The summed E-state index contributed by atoms with van der Waals surface area (Å²) in [5, 5.41) is 2.74. The molecule has 0 aliphatic rings. The molecule has 0 aliphatic carbocycles. The quantitative estimate of drug-likeness (QED) is 0.940. The monoisotopic (exact) mass is 319 g/mol. The van der Waals surface area contributed by atoms with Crippen LogP contribution in [0.1, 0.15) is 15.9 Å². The molecule has 0 aromatic heterocycles. The fourth-order valence-corrected chi connectivity index (χ4v) is 2.66. The number of sulfone groups is 1. The van der Waals surface area contributed by atoms with Gasteiger partial charge >= 0.3 is 0 Å². The van der Waals surface area contributed by atoms with E-state index in [9.17, 15) is 13.2 Å². The van der Waals surface area contributed by atoms with E-state index in [0.717, 1.165) is 6.26 Å². The highest BCUT2D eigenvalue weighted by atomic mass is 32.2. The summed E-state index contributed by atoms with van der Waals surface area (Å²) in [6.45, 7) is 1.75. The first-order valence-corrected chi connectivity index (χ1v) is 8.47. The predicted octanol–water partition coefficient (Wildman–Crippen LogP) is 2.66. The summed E-state index contributed by atoms with van der Waals surface area (Å²) in [4.78, 5) is 12.5. The molecule has 0 unspecified atom stereocenters. The molecule has 1 N–H and O–H groups in total. The largest absolute Gasteiger partial charge is 0.495 e. The fourth-order valence-electron chi connectivity index (χ4n) is 2.01. The van der Waals surface area contributed by atoms with Gasteiger partial charge < -0.3 is 10.1 Å². The number of anilines is 1. The third-order valence-corrected chi connectivity index (χ3v) is 4.35. The number of hydrogen-bond donors (Lipinski definition) is 1. The van der Waals surface area contributed by atoms with E-state index in [1.807, 2.05) is 0 Å². The highest BCUT2D eigenvalue weighted by molar-refractivity contribution is 7.90. The van der Waals surface area contributed by atoms with Crippen LogP contribution in [0.3, 0.4) is 0 Å². The van der Waals surface area contributed by atoms with Gasteiger partial charge in [-0.3, -0.25) is 4.79 Å². The minimum atomic E-state index is -3.37. The van der Waals surface area contributed by atoms with Gasteiger partial charge in [0.25, 0.3) is 5.91 Å². The number of rotatable bonds is 4. The normalized spacial score (nSPS) is 11.0. The van der Waals surface area contributed by atoms with Crippen LogP contribution in [-0.2, 0) is 9.84 Å². The second-order valence-electron chi connectivity index (χ2n) is 4.90. The first-order valence-electron chi connectivity index (χ1n) is 6.58. The van der Waals surface area contributed by atoms with Crippen molar-refractivity contribution < 1.29 is 17.9 Å². The molecule has 0 saturated heterocycles. The fraction of sp³-hybridized carbons (Fsp3) is 0.188. The van der Waals surface area contributed by atoms with Gasteiger partial charge in [-0.25, -0.2) is 8.42 Å². The van der Waals surface area contributed by atoms with E-state index in [4.69, 9.17) is 4.74 Å². The standard InChI is InChI=1S/C16H17NO4S/c1-11-8-9-12(22(3,19)20)10-13(11)16(18)17-14-6-4-5-7-15(14)21-2/h4-10H,1-3H3,(H,17,18). The van der Waals surface area contributed by atoms with Crippen LogP contribution in [0.2, 0.25) is 0 Å². The average molecular weight is 319 g/mol. The van der Waals surface area contributed by atoms with E-state index in [0.29, 0.717) is 22.6 Å². The summed E-state index contributed by atoms with van der Waals surface area (Å²) in [5.41, 5.74) is 1.53. The van der Waals surface area contributed by atoms with Crippen LogP contribution in [0, 0.1) is 6.92 Å². The Bertz CT molecular complexity index is 813. The molecule has 5 nitrogen and oxygen atoms in total. The lowest BCUT2D eigenvalue weighted by Gasteiger charge is -2.12. The Morgan fingerprint density at radius 1 is 1.14 bits per heavy atom. The summed E-state index contributed by atoms with van der Waals surface area (Å²) in [5.74, 6) is 0.153. The molecule has 116 valence electrons. The Labute approximate surface area is 129 Å². The molecule has 0 fully saturated rings. The number of amides is 1. The summed E-state index contributed by atoms with van der Waals surface area (Å²) in [6, 6.07) is 11.5. The molecular weight excluding hydrogens is 302 g/mol. The summed E-state index contributed by atoms with van der Waals surface area (Å²) in [7, 11) is -1.85. The van der Waals surface area contributed by atoms with Gasteiger partial charge in [0.1, 0.15) is 5.75 Å². The van der Waals surface area contributed by atoms with Crippen LogP contribution < -0.4 is 10.1 Å². The zero-order valence-electron chi connectivity index (χ0n) is 12.6. The first-order chi connectivity index (χ1) is 10.3. The molecule has 2 aromatic carbocycles. The number of benzene rings is 2. The van der Waals surface area contributed by atoms with Crippen molar-refractivity contribution >= 4 is 21.4 Å². The first kappa shape index (κ1) is 16.0. The van der Waals surface area contributed by atoms with E-state index in [-0.39, 0.29) is 10.8 Å². The highest BCUT2D eigenvalue weighted by Gasteiger charge is 2.15. The van der Waals surface area contributed by atoms with Crippen LogP contribution in [0.25, 0.3) is 0 Å². The lowest BCUT2D eigenvalue weighted by molar-refractivity contribution is 0.102. The maximum absolute atomic E-state index is 12.4. The highest BCUT2D eigenvalue weighted by Crippen LogP contribution is 2.24. The number of hydrogen-bond acceptors (Lipinski definition) is 4. The molecule has 1 amide bonds. The van der Waals surface area contributed by atoms with Gasteiger partial charge in [0.15, 0.2) is 9.84 Å². The molecule has 0 bridgehead atoms. The second-order valence-corrected chi connectivity index (χ2v) is 6.92. The summed E-state index contributed by atoms with van der Waals surface area (Å²) in [6.07, 6.45) is 1.11. The topological polar surface area (TPSA) is 72.5 Å². The molecule has 6 heteroatoms. The second kappa shape index (κ2) is 6.19. The number of para-hydroxylation sites is 2. The molecule has 0 saturated carbocycles. The minimum absolute atomic E-state index is 0.114. The predicted molar refractivity (Wildman–Crippen MR) is 85.2 cm³/mol. The van der Waals surface area contributed by atoms with Crippen molar-refractivity contribution in [3.63, 3.8) is 0 Å². The van der Waals surface area contributed by atoms with Crippen LogP contribution in [0.5, 0.6) is 5.75 Å². The van der Waals surface area contributed by atoms with Gasteiger partial charge in [0.05, 0.1) is 17.7 Å². The number of methoxy groups -OCH3 is 1. The van der Waals surface area contributed by atoms with Gasteiger partial charge in [-0.15, -0.1) is 0 Å². The van der Waals surface area contributed by atoms with Crippen molar-refractivity contribution in [2.24, 2.45) is 0 Å². The van der Waals surface area contributed by atoms with Crippen LogP contribution in [-0.4, -0.2) is 27.7 Å². The molecule has 0 heterocycles. The van der Waals surface area contributed by atoms with E-state index in [2.05, 4.69) is 5.32 Å². The Balaban J connectivity index is 2.38. The molecule has 0 atom stereocenters. The van der Waals surface area contributed by atoms with Crippen molar-refractivity contribution in [1.29, 1.82) is 0 Å². The zero-order valence-corrected chi connectivity index (χ0v) is 13.4. The number of carbonyl (C=O) groups excluding carboxylic acids is 1. The van der Waals surface area contributed by atoms with Gasteiger partial charge in [-0.05, 0) is 36.8 Å². The molecule has 22 heavy (non-hydrogen) atoms. The maximum atomic E-state index is 12.4. The number of aryl methyl sites for hydroxylation is 1. The molecular formula is C16H17NO4S. The zero-order chi connectivity index (χ0) is 16.3. The minimum Gasteiger partial charge on any atom is -0.495 e. The number of nitrogens with one attached hydrogen (secondary N) is 1. The van der Waals surface area contributed by atoms with Crippen molar-refractivity contribution in [2.45, 2.75) is 11.8 Å². The van der Waals surface area contributed by atoms with Gasteiger partial charge in [-0.1, -0.05) is 18.2 Å². The van der Waals surface area contributed by atoms with Gasteiger partial charge in [0.2, 0.25) is 0 Å². The summed E-state index contributed by atoms with van der Waals surface area (Å²) < 4.78 is 28.4. The lowest BCUT2D eigenvalue weighted by atomic mass is 10.1. The van der Waals surface area contributed by atoms with E-state index in [1.165, 1.54) is 19.2 Å². The Hall–Kier alpha value is -2.34. The molecule has 2 aromatic rings. The van der Waals surface area contributed by atoms with Crippen molar-refractivity contribution in [1.82, 2.24) is 0 Å². The average Bonchev–Trinajstić information content (AvgIpc) is 2.47. The molecule has 0 aliphatic heterocycles. The van der Waals surface area contributed by atoms with Gasteiger partial charge in [-0.2, -0.15) is 0 Å². The molecule has 0 radical (unpaired) electrons. The van der Waals surface area contributed by atoms with Crippen molar-refractivity contribution in [2.75, 3.05) is 18.7 Å². The number of ether oxygens (including phenoxy) is 1. The van der Waals surface area contributed by atoms with Crippen LogP contribution in [0.4, 0.5) is 5.69 Å². The SMILES string of the molecule is COc1ccccc1NC(=O)c1cc(S(C)(=O)=O)ccc1C. The van der Waals surface area contributed by atoms with Crippen molar-refractivity contribution in [3.05, 3.63) is 53.6 Å². The third kappa shape index (κ3) is 3.46. The van der Waals surface area contributed by atoms with Crippen molar-refractivity contribution in [3.8, 4) is 5.75 Å². The molecule has 2 rings (SSSR count). The third-order valence-electron chi connectivity index (χ3n) is 3.24. The summed E-state index contributed by atoms with van der Waals surface area (Å²) >= 11 is 0. The maximum Gasteiger partial charge on any atom is 0.256 e. The smallest absolute Gasteiger partial charge is 0.256 e. The number of carbonyl (C=O) groups is 1. The Morgan fingerprint density at radius 3 is 2.45 bits per heavy atom. The molecule has 0 spiro atoms.